The minimum Gasteiger partial charge on any atom is -0.456 e. The van der Waals surface area contributed by atoms with Crippen molar-refractivity contribution in [2.75, 3.05) is 0 Å². The summed E-state index contributed by atoms with van der Waals surface area (Å²) in [7, 11) is 0. The van der Waals surface area contributed by atoms with Crippen molar-refractivity contribution in [3.8, 4) is 0 Å². The fourth-order valence-corrected chi connectivity index (χ4v) is 3.73. The van der Waals surface area contributed by atoms with E-state index < -0.39 is 60.3 Å². The molecule has 0 saturated carbocycles. The maximum absolute atomic E-state index is 14.7. The van der Waals surface area contributed by atoms with Crippen LogP contribution < -0.4 is 5.73 Å². The first-order chi connectivity index (χ1) is 15.2. The van der Waals surface area contributed by atoms with Gasteiger partial charge in [-0.15, -0.1) is 0 Å². The molecule has 5 nitrogen and oxygen atoms in total. The highest BCUT2D eigenvalue weighted by Crippen LogP contribution is 2.41. The van der Waals surface area contributed by atoms with E-state index in [0.29, 0.717) is 6.92 Å². The molecule has 2 heterocycles. The Labute approximate surface area is 185 Å². The number of aliphatic imine (C=N–C) groups is 1. The number of aromatic nitrogens is 1. The number of ether oxygens (including phenoxy) is 1. The Hall–Kier alpha value is -3.11. The number of hydrogen-bond acceptors (Lipinski definition) is 5. The molecule has 0 saturated heterocycles. The molecule has 1 aromatic carbocycles. The van der Waals surface area contributed by atoms with E-state index in [4.69, 9.17) is 10.5 Å². The topological polar surface area (TPSA) is 77.6 Å². The van der Waals surface area contributed by atoms with E-state index >= 15 is 0 Å². The standard InChI is InChI=1S/C22H21F6N3O2/c1-10-4-12(19(25)26)9-30-18(10)15(32)7-11-5-13(17(24)14(23)6-11)21(2)8-16(22(3,27)28)33-20(29)31-21/h4-6,9,16,19H,7-8H2,1-3H3,(H2,29,31)/t16-,21-/m0/s1. The van der Waals surface area contributed by atoms with Crippen LogP contribution in [0.3, 0.4) is 0 Å². The number of nitrogens with two attached hydrogens (primary N) is 1. The van der Waals surface area contributed by atoms with Gasteiger partial charge in [0.05, 0.1) is 5.54 Å². The third-order valence-electron chi connectivity index (χ3n) is 5.42. The minimum atomic E-state index is -3.34. The molecule has 178 valence electrons. The summed E-state index contributed by atoms with van der Waals surface area (Å²) in [6.07, 6.45) is -4.56. The van der Waals surface area contributed by atoms with Crippen molar-refractivity contribution in [3.05, 3.63) is 64.0 Å². The van der Waals surface area contributed by atoms with Crippen molar-refractivity contribution in [3.63, 3.8) is 0 Å². The van der Waals surface area contributed by atoms with E-state index in [1.54, 1.807) is 0 Å². The van der Waals surface area contributed by atoms with E-state index in [0.717, 1.165) is 24.4 Å². The lowest BCUT2D eigenvalue weighted by molar-refractivity contribution is -0.103. The molecule has 1 aliphatic heterocycles. The molecular formula is C22H21F6N3O2. The zero-order chi connectivity index (χ0) is 24.7. The zero-order valence-electron chi connectivity index (χ0n) is 17.9. The average molecular weight is 473 g/mol. The molecule has 0 spiro atoms. The first kappa shape index (κ1) is 24.5. The molecular weight excluding hydrogens is 452 g/mol. The molecule has 2 atom stereocenters. The lowest BCUT2D eigenvalue weighted by Gasteiger charge is -2.37. The van der Waals surface area contributed by atoms with Gasteiger partial charge in [0.1, 0.15) is 5.69 Å². The number of carbonyl (C=O) groups excluding carboxylic acids is 1. The van der Waals surface area contributed by atoms with Crippen LogP contribution in [0.1, 0.15) is 59.4 Å². The summed E-state index contributed by atoms with van der Waals surface area (Å²) in [5, 5.41) is 0. The Balaban J connectivity index is 1.97. The van der Waals surface area contributed by atoms with Crippen LogP contribution in [0.4, 0.5) is 26.3 Å². The number of rotatable bonds is 6. The van der Waals surface area contributed by atoms with Gasteiger partial charge in [-0.1, -0.05) is 0 Å². The van der Waals surface area contributed by atoms with Gasteiger partial charge in [0.2, 0.25) is 0 Å². The van der Waals surface area contributed by atoms with E-state index in [9.17, 15) is 31.1 Å². The van der Waals surface area contributed by atoms with Crippen LogP contribution in [0.15, 0.2) is 29.4 Å². The second kappa shape index (κ2) is 8.68. The molecule has 11 heteroatoms. The van der Waals surface area contributed by atoms with Crippen LogP contribution >= 0.6 is 0 Å². The molecule has 0 unspecified atom stereocenters. The predicted octanol–water partition coefficient (Wildman–Crippen LogP) is 5.01. The van der Waals surface area contributed by atoms with Gasteiger partial charge in [-0.05, 0) is 43.2 Å². The summed E-state index contributed by atoms with van der Waals surface area (Å²) in [5.41, 5.74) is 3.23. The molecule has 0 aliphatic carbocycles. The highest BCUT2D eigenvalue weighted by molar-refractivity contribution is 5.97. The quantitative estimate of drug-likeness (QED) is 0.473. The van der Waals surface area contributed by atoms with E-state index in [-0.39, 0.29) is 27.9 Å². The maximum Gasteiger partial charge on any atom is 0.283 e. The van der Waals surface area contributed by atoms with Gasteiger partial charge < -0.3 is 10.5 Å². The lowest BCUT2D eigenvalue weighted by Crippen LogP contribution is -2.46. The Bertz CT molecular complexity index is 1120. The van der Waals surface area contributed by atoms with Crippen molar-refractivity contribution >= 4 is 11.8 Å². The molecule has 3 rings (SSSR count). The predicted molar refractivity (Wildman–Crippen MR) is 107 cm³/mol. The molecule has 0 bridgehead atoms. The number of alkyl halides is 4. The summed E-state index contributed by atoms with van der Waals surface area (Å²) >= 11 is 0. The van der Waals surface area contributed by atoms with Crippen molar-refractivity contribution in [1.82, 2.24) is 4.98 Å². The Morgan fingerprint density at radius 1 is 1.30 bits per heavy atom. The van der Waals surface area contributed by atoms with Crippen LogP contribution in [0.25, 0.3) is 0 Å². The van der Waals surface area contributed by atoms with Crippen LogP contribution in [-0.4, -0.2) is 28.8 Å². The van der Waals surface area contributed by atoms with Crippen molar-refractivity contribution in [1.29, 1.82) is 0 Å². The van der Waals surface area contributed by atoms with Gasteiger partial charge in [-0.25, -0.2) is 31.3 Å². The largest absolute Gasteiger partial charge is 0.456 e. The number of halogens is 6. The summed E-state index contributed by atoms with van der Waals surface area (Å²) < 4.78 is 87.4. The average Bonchev–Trinajstić information content (AvgIpc) is 2.68. The second-order valence-corrected chi connectivity index (χ2v) is 8.26. The molecule has 2 N–H and O–H groups in total. The molecule has 0 amide bonds. The van der Waals surface area contributed by atoms with Gasteiger partial charge in [0, 0.05) is 37.1 Å². The van der Waals surface area contributed by atoms with Crippen LogP contribution in [0, 0.1) is 18.6 Å². The Morgan fingerprint density at radius 3 is 2.55 bits per heavy atom. The number of nitrogens with zero attached hydrogens (tertiary/aromatic N) is 2. The minimum absolute atomic E-state index is 0.0225. The third-order valence-corrected chi connectivity index (χ3v) is 5.42. The second-order valence-electron chi connectivity index (χ2n) is 8.26. The van der Waals surface area contributed by atoms with Crippen LogP contribution in [0.2, 0.25) is 0 Å². The first-order valence-corrected chi connectivity index (χ1v) is 9.87. The van der Waals surface area contributed by atoms with E-state index in [1.165, 1.54) is 13.8 Å². The number of benzene rings is 1. The summed E-state index contributed by atoms with van der Waals surface area (Å²) in [6.45, 7) is 3.34. The molecule has 33 heavy (non-hydrogen) atoms. The number of pyridine rings is 1. The zero-order valence-corrected chi connectivity index (χ0v) is 17.9. The number of carbonyl (C=O) groups is 1. The monoisotopic (exact) mass is 473 g/mol. The summed E-state index contributed by atoms with van der Waals surface area (Å²) in [4.78, 5) is 20.4. The van der Waals surface area contributed by atoms with Crippen molar-refractivity contribution < 1.29 is 35.9 Å². The number of Topliss-reactive ketones (excluding diaryl/α,β-unsaturated/α-hetero) is 1. The van der Waals surface area contributed by atoms with Gasteiger partial charge in [-0.2, -0.15) is 0 Å². The third kappa shape index (κ3) is 5.12. The SMILES string of the molecule is Cc1cc(C(F)F)cnc1C(=O)Cc1cc(F)c(F)c([C@]2(C)C[C@@H](C(C)(F)F)OC(N)=N2)c1. The van der Waals surface area contributed by atoms with Crippen molar-refractivity contribution in [2.24, 2.45) is 10.7 Å². The fraction of sp³-hybridized carbons (Fsp3) is 0.409. The fourth-order valence-electron chi connectivity index (χ4n) is 3.73. The summed E-state index contributed by atoms with van der Waals surface area (Å²) in [5.74, 6) is -6.59. The van der Waals surface area contributed by atoms with E-state index in [2.05, 4.69) is 9.98 Å². The highest BCUT2D eigenvalue weighted by Gasteiger charge is 2.47. The highest BCUT2D eigenvalue weighted by atomic mass is 19.3. The summed E-state index contributed by atoms with van der Waals surface area (Å²) in [6, 6.07) is 2.45. The molecule has 0 radical (unpaired) electrons. The van der Waals surface area contributed by atoms with Gasteiger partial charge in [-0.3, -0.25) is 9.78 Å². The molecule has 1 aromatic heterocycles. The molecule has 1 aliphatic rings. The van der Waals surface area contributed by atoms with Gasteiger partial charge >= 0.3 is 0 Å². The smallest absolute Gasteiger partial charge is 0.283 e. The Morgan fingerprint density at radius 2 is 1.97 bits per heavy atom. The van der Waals surface area contributed by atoms with Crippen molar-refractivity contribution in [2.45, 2.75) is 57.6 Å². The lowest BCUT2D eigenvalue weighted by atomic mass is 9.83. The Kier molecular flexibility index (Phi) is 6.45. The van der Waals surface area contributed by atoms with Gasteiger partial charge in [0.25, 0.3) is 18.4 Å². The van der Waals surface area contributed by atoms with Crippen LogP contribution in [0.5, 0.6) is 0 Å². The number of amidine groups is 1. The first-order valence-electron chi connectivity index (χ1n) is 9.87. The molecule has 0 fully saturated rings. The number of aryl methyl sites for hydroxylation is 1. The van der Waals surface area contributed by atoms with Crippen LogP contribution in [-0.2, 0) is 16.7 Å². The number of hydrogen-bond donors (Lipinski definition) is 1. The normalized spacial score (nSPS) is 21.0. The van der Waals surface area contributed by atoms with Gasteiger partial charge in [0.15, 0.2) is 23.5 Å². The molecule has 2 aromatic rings. The van der Waals surface area contributed by atoms with E-state index in [1.807, 2.05) is 0 Å². The number of ketones is 1. The maximum atomic E-state index is 14.7.